The maximum Gasteiger partial charge on any atom is 0.274 e. The van der Waals surface area contributed by atoms with Gasteiger partial charge in [-0.05, 0) is 17.0 Å². The number of amides is 1. The molecule has 1 N–H and O–H groups in total. The van der Waals surface area contributed by atoms with Crippen molar-refractivity contribution in [2.75, 3.05) is 6.54 Å². The monoisotopic (exact) mass is 383 g/mol. The number of fused-ring (bicyclic) bond motifs is 3. The van der Waals surface area contributed by atoms with E-state index in [2.05, 4.69) is 20.6 Å². The number of benzene rings is 3. The fraction of sp³-hybridized carbons (Fsp3) is 0.0909. The Hall–Kier alpha value is -4.00. The highest BCUT2D eigenvalue weighted by Crippen LogP contribution is 2.27. The van der Waals surface area contributed by atoms with Crippen molar-refractivity contribution in [2.45, 2.75) is 6.04 Å². The maximum absolute atomic E-state index is 12.9. The number of rotatable bonds is 5. The van der Waals surface area contributed by atoms with E-state index in [1.807, 2.05) is 66.7 Å². The van der Waals surface area contributed by atoms with Crippen molar-refractivity contribution in [1.29, 1.82) is 0 Å². The van der Waals surface area contributed by atoms with Crippen molar-refractivity contribution in [3.05, 3.63) is 90.6 Å². The van der Waals surface area contributed by atoms with Gasteiger partial charge in [0.05, 0.1) is 11.4 Å². The fourth-order valence-electron chi connectivity index (χ4n) is 3.52. The molecule has 1 amide bonds. The van der Waals surface area contributed by atoms with E-state index < -0.39 is 0 Å². The molecule has 0 spiro atoms. The maximum atomic E-state index is 12.9. The van der Waals surface area contributed by atoms with E-state index in [4.69, 9.17) is 4.52 Å². The van der Waals surface area contributed by atoms with Gasteiger partial charge in [-0.15, -0.1) is 0 Å². The molecule has 142 valence electrons. The van der Waals surface area contributed by atoms with Crippen LogP contribution < -0.4 is 5.32 Å². The standard InChI is InChI=1S/C22H17N5O2/c28-22(20-18-11-10-15-6-4-5-9-17(15)21(18)29-26-20)24-12-19(27-14-23-13-25-27)16-7-2-1-3-8-16/h1-11,13-14,19H,12H2,(H,24,28). The quantitative estimate of drug-likeness (QED) is 0.501. The second-order valence-corrected chi connectivity index (χ2v) is 6.71. The Labute approximate surface area is 166 Å². The first-order valence-electron chi connectivity index (χ1n) is 9.25. The highest BCUT2D eigenvalue weighted by Gasteiger charge is 2.20. The first kappa shape index (κ1) is 17.1. The van der Waals surface area contributed by atoms with Gasteiger partial charge < -0.3 is 9.84 Å². The largest absolute Gasteiger partial charge is 0.355 e. The van der Waals surface area contributed by atoms with Gasteiger partial charge in [0.2, 0.25) is 0 Å². The average Bonchev–Trinajstić information content (AvgIpc) is 3.45. The highest BCUT2D eigenvalue weighted by molar-refractivity contribution is 6.11. The average molecular weight is 383 g/mol. The number of carbonyl (C=O) groups excluding carboxylic acids is 1. The molecule has 0 radical (unpaired) electrons. The second-order valence-electron chi connectivity index (χ2n) is 6.71. The zero-order valence-corrected chi connectivity index (χ0v) is 15.4. The van der Waals surface area contributed by atoms with Gasteiger partial charge in [0.1, 0.15) is 12.7 Å². The van der Waals surface area contributed by atoms with E-state index >= 15 is 0 Å². The van der Waals surface area contributed by atoms with E-state index in [0.29, 0.717) is 17.5 Å². The lowest BCUT2D eigenvalue weighted by atomic mass is 10.1. The first-order valence-corrected chi connectivity index (χ1v) is 9.25. The van der Waals surface area contributed by atoms with Crippen LogP contribution in [0.4, 0.5) is 0 Å². The van der Waals surface area contributed by atoms with Gasteiger partial charge in [0.25, 0.3) is 5.91 Å². The summed E-state index contributed by atoms with van der Waals surface area (Å²) in [5.41, 5.74) is 1.91. The smallest absolute Gasteiger partial charge is 0.274 e. The summed E-state index contributed by atoms with van der Waals surface area (Å²) in [5.74, 6) is -0.292. The van der Waals surface area contributed by atoms with E-state index in [0.717, 1.165) is 16.3 Å². The summed E-state index contributed by atoms with van der Waals surface area (Å²) in [6, 6.07) is 21.4. The molecule has 7 nitrogen and oxygen atoms in total. The lowest BCUT2D eigenvalue weighted by Gasteiger charge is -2.18. The molecule has 29 heavy (non-hydrogen) atoms. The molecule has 3 aromatic carbocycles. The number of nitrogens with zero attached hydrogens (tertiary/aromatic N) is 4. The minimum Gasteiger partial charge on any atom is -0.355 e. The molecule has 1 atom stereocenters. The van der Waals surface area contributed by atoms with E-state index in [1.54, 1.807) is 11.0 Å². The summed E-state index contributed by atoms with van der Waals surface area (Å²) in [5, 5.41) is 13.9. The van der Waals surface area contributed by atoms with Crippen LogP contribution >= 0.6 is 0 Å². The third-order valence-corrected chi connectivity index (χ3v) is 4.97. The van der Waals surface area contributed by atoms with Crippen molar-refractivity contribution in [1.82, 2.24) is 25.2 Å². The normalized spacial score (nSPS) is 12.3. The summed E-state index contributed by atoms with van der Waals surface area (Å²) < 4.78 is 7.23. The minimum absolute atomic E-state index is 0.179. The third-order valence-electron chi connectivity index (χ3n) is 4.97. The summed E-state index contributed by atoms with van der Waals surface area (Å²) in [6.07, 6.45) is 3.12. The van der Waals surface area contributed by atoms with Crippen molar-refractivity contribution >= 4 is 27.6 Å². The first-order chi connectivity index (χ1) is 14.3. The fourth-order valence-corrected chi connectivity index (χ4v) is 3.52. The minimum atomic E-state index is -0.292. The van der Waals surface area contributed by atoms with E-state index in [1.165, 1.54) is 6.33 Å². The van der Waals surface area contributed by atoms with Crippen LogP contribution in [-0.4, -0.2) is 32.4 Å². The molecule has 0 aliphatic rings. The Morgan fingerprint density at radius 1 is 1.00 bits per heavy atom. The lowest BCUT2D eigenvalue weighted by Crippen LogP contribution is -2.31. The van der Waals surface area contributed by atoms with Gasteiger partial charge >= 0.3 is 0 Å². The molecule has 2 heterocycles. The zero-order chi connectivity index (χ0) is 19.6. The van der Waals surface area contributed by atoms with Crippen LogP contribution in [0.5, 0.6) is 0 Å². The van der Waals surface area contributed by atoms with Crippen LogP contribution in [0.3, 0.4) is 0 Å². The van der Waals surface area contributed by atoms with Crippen molar-refractivity contribution < 1.29 is 9.32 Å². The molecular formula is C22H17N5O2. The molecule has 5 rings (SSSR count). The van der Waals surface area contributed by atoms with Gasteiger partial charge in [-0.1, -0.05) is 65.8 Å². The zero-order valence-electron chi connectivity index (χ0n) is 15.4. The van der Waals surface area contributed by atoms with Crippen LogP contribution in [0.15, 0.2) is 83.9 Å². The summed E-state index contributed by atoms with van der Waals surface area (Å²) >= 11 is 0. The summed E-state index contributed by atoms with van der Waals surface area (Å²) in [7, 11) is 0. The van der Waals surface area contributed by atoms with Crippen molar-refractivity contribution in [3.8, 4) is 0 Å². The van der Waals surface area contributed by atoms with Gasteiger partial charge in [0.15, 0.2) is 11.3 Å². The van der Waals surface area contributed by atoms with E-state index in [9.17, 15) is 4.79 Å². The van der Waals surface area contributed by atoms with Crippen LogP contribution in [0, 0.1) is 0 Å². The number of carbonyl (C=O) groups is 1. The molecular weight excluding hydrogens is 366 g/mol. The van der Waals surface area contributed by atoms with Crippen LogP contribution in [0.2, 0.25) is 0 Å². The van der Waals surface area contributed by atoms with Gasteiger partial charge in [-0.25, -0.2) is 9.67 Å². The highest BCUT2D eigenvalue weighted by atomic mass is 16.5. The molecule has 7 heteroatoms. The molecule has 0 aliphatic heterocycles. The van der Waals surface area contributed by atoms with Gasteiger partial charge in [0, 0.05) is 11.9 Å². The predicted molar refractivity (Wildman–Crippen MR) is 108 cm³/mol. The molecule has 2 aromatic heterocycles. The molecule has 0 fully saturated rings. The van der Waals surface area contributed by atoms with Crippen LogP contribution in [0.25, 0.3) is 21.7 Å². The summed E-state index contributed by atoms with van der Waals surface area (Å²) in [4.78, 5) is 16.9. The lowest BCUT2D eigenvalue weighted by molar-refractivity contribution is 0.0942. The SMILES string of the molecule is O=C(NCC(c1ccccc1)n1cncn1)c1noc2c1ccc1ccccc12. The Morgan fingerprint density at radius 2 is 1.83 bits per heavy atom. The number of aromatic nitrogens is 4. The van der Waals surface area contributed by atoms with Crippen molar-refractivity contribution in [3.63, 3.8) is 0 Å². The molecule has 5 aromatic rings. The third kappa shape index (κ3) is 3.12. The molecule has 0 saturated carbocycles. The second kappa shape index (κ2) is 7.20. The van der Waals surface area contributed by atoms with Crippen molar-refractivity contribution in [2.24, 2.45) is 0 Å². The van der Waals surface area contributed by atoms with Crippen LogP contribution in [-0.2, 0) is 0 Å². The molecule has 0 aliphatic carbocycles. The number of hydrogen-bond donors (Lipinski definition) is 1. The molecule has 0 saturated heterocycles. The van der Waals surface area contributed by atoms with Crippen LogP contribution in [0.1, 0.15) is 22.1 Å². The van der Waals surface area contributed by atoms with E-state index in [-0.39, 0.29) is 17.6 Å². The Morgan fingerprint density at radius 3 is 2.66 bits per heavy atom. The Balaban J connectivity index is 1.43. The summed E-state index contributed by atoms with van der Waals surface area (Å²) in [6.45, 7) is 0.341. The predicted octanol–water partition coefficient (Wildman–Crippen LogP) is 3.59. The Kier molecular flexibility index (Phi) is 4.25. The topological polar surface area (TPSA) is 85.8 Å². The van der Waals surface area contributed by atoms with Gasteiger partial charge in [-0.2, -0.15) is 5.10 Å². The number of hydrogen-bond acceptors (Lipinski definition) is 5. The molecule has 0 bridgehead atoms. The van der Waals surface area contributed by atoms with Gasteiger partial charge in [-0.3, -0.25) is 4.79 Å². The number of nitrogens with one attached hydrogen (secondary N) is 1. The molecule has 1 unspecified atom stereocenters. The Bertz CT molecular complexity index is 1280.